The van der Waals surface area contributed by atoms with Crippen molar-refractivity contribution in [1.29, 1.82) is 0 Å². The Hall–Kier alpha value is -11.7. The Kier molecular flexibility index (Phi) is 28.6. The van der Waals surface area contributed by atoms with E-state index in [2.05, 4.69) is 26.6 Å². The van der Waals surface area contributed by atoms with E-state index >= 15 is 0 Å². The number of carbonyl (C=O) groups is 7. The van der Waals surface area contributed by atoms with Crippen molar-refractivity contribution in [2.24, 2.45) is 0 Å². The number of aliphatic hydroxyl groups is 6. The Labute approximate surface area is 712 Å². The second kappa shape index (κ2) is 40.7. The minimum Gasteiger partial charge on any atom is -0.445 e. The average molecular weight is 1710 g/mol. The molecule has 654 valence electrons. The molecule has 0 spiro atoms. The van der Waals surface area contributed by atoms with Gasteiger partial charge in [-0.15, -0.1) is 0 Å². The number of fused-ring (bicyclic) bond motifs is 2. The summed E-state index contributed by atoms with van der Waals surface area (Å²) in [6.45, 7) is -2.99. The van der Waals surface area contributed by atoms with Gasteiger partial charge in [0.25, 0.3) is 5.91 Å². The minimum atomic E-state index is -2.22. The zero-order valence-electron chi connectivity index (χ0n) is 66.9. The molecule has 0 aromatic heterocycles. The van der Waals surface area contributed by atoms with E-state index in [1.807, 2.05) is 0 Å². The zero-order chi connectivity index (χ0) is 86.2. The van der Waals surface area contributed by atoms with Crippen molar-refractivity contribution in [3.63, 3.8) is 0 Å². The molecule has 2 aliphatic carbocycles. The number of hydrogen-bond donors (Lipinski definition) is 11. The first-order valence-electron chi connectivity index (χ1n) is 40.8. The zero-order valence-corrected chi connectivity index (χ0v) is 66.9. The van der Waals surface area contributed by atoms with Crippen molar-refractivity contribution in [2.45, 2.75) is 199 Å². The fourth-order valence-corrected chi connectivity index (χ4v) is 16.1. The van der Waals surface area contributed by atoms with Crippen molar-refractivity contribution in [3.05, 3.63) is 287 Å². The minimum absolute atomic E-state index is 0.0844. The highest BCUT2D eigenvalue weighted by Crippen LogP contribution is 2.43. The van der Waals surface area contributed by atoms with Gasteiger partial charge < -0.3 is 124 Å². The lowest BCUT2D eigenvalue weighted by atomic mass is 9.74. The van der Waals surface area contributed by atoms with Crippen LogP contribution < -0.4 is 26.6 Å². The molecule has 7 amide bonds. The van der Waals surface area contributed by atoms with Gasteiger partial charge in [0.05, 0.1) is 31.8 Å². The molecule has 0 radical (unpaired) electrons. The highest BCUT2D eigenvalue weighted by Gasteiger charge is 2.61. The van der Waals surface area contributed by atoms with Crippen molar-refractivity contribution in [2.75, 3.05) is 19.7 Å². The molecule has 2 saturated carbocycles. The molecule has 5 aliphatic heterocycles. The number of benzene rings is 8. The predicted molar refractivity (Wildman–Crippen MR) is 431 cm³/mol. The van der Waals surface area contributed by atoms with Gasteiger partial charge in [-0.3, -0.25) is 14.6 Å². The van der Waals surface area contributed by atoms with E-state index in [1.54, 1.807) is 243 Å². The van der Waals surface area contributed by atoms with E-state index in [4.69, 9.17) is 66.3 Å². The topological polar surface area (TPSA) is 437 Å². The van der Waals surface area contributed by atoms with Crippen LogP contribution in [0.5, 0.6) is 0 Å². The lowest BCUT2D eigenvalue weighted by Crippen LogP contribution is -2.72. The summed E-state index contributed by atoms with van der Waals surface area (Å²) in [5.41, 5.74) is 2.41. The van der Waals surface area contributed by atoms with E-state index in [1.165, 1.54) is 9.80 Å². The maximum absolute atomic E-state index is 14.8. The summed E-state index contributed by atoms with van der Waals surface area (Å²) in [6, 6.07) is 62.2. The number of amides is 7. The number of carbonyl (C=O) groups excluding carboxylic acids is 7. The number of hydrogen-bond acceptors (Lipinski definition) is 27. The highest BCUT2D eigenvalue weighted by atomic mass is 16.8. The molecule has 34 heteroatoms. The Morgan fingerprint density at radius 2 is 0.702 bits per heavy atom. The third-order valence-electron chi connectivity index (χ3n) is 22.6. The molecule has 5 saturated heterocycles. The first-order chi connectivity index (χ1) is 60.3. The third kappa shape index (κ3) is 21.4. The number of nitrogens with one attached hydrogen (secondary N) is 5. The van der Waals surface area contributed by atoms with E-state index in [9.17, 15) is 64.2 Å². The van der Waals surface area contributed by atoms with Gasteiger partial charge in [0.1, 0.15) is 131 Å². The van der Waals surface area contributed by atoms with Gasteiger partial charge in [-0.2, -0.15) is 0 Å². The fourth-order valence-electron chi connectivity index (χ4n) is 16.1. The standard InChI is InChI=1S/C90H97N7O27/c98-46-66-76(123-81-68(95-87(107)114-50-56-31-15-4-16-32-56)71(101)75-65(118-81)45-97(79(121-75)60-39-23-8-24-40-60)89(109)116-52-58-35-19-6-20-36-58)72(102)82(119-66)124-77-69(99)62(92-83(103)90(110)42-61(43-90)91-84(104)111-47-53-25-9-1-10-26-53)41-63(93-85(105)112-48-54-27-11-2-12-28-54)73(77)122-80-67(94-86(106)113-49-55-29-13-3-14-30-55)70(100)74-64(117-80)44-96(78(120-74)59-37-21-7-22-38-59)88(108)115-51-57-33-17-5-18-34-57/h1-40,61-82,98-102,110H,41-52H2,(H,91,104)(H,92,103)(H,93,105)(H,94,106)(H,95,107)/t61-,62-,63+,64-,65+,66-,67?,68-,69+,70+,71-,72-,73-,74-,75-,76-,77-,78?,79?,80-,81-,82+,90-/m1/s1. The van der Waals surface area contributed by atoms with Gasteiger partial charge in [0, 0.05) is 30.0 Å². The van der Waals surface area contributed by atoms with Crippen LogP contribution in [0, 0.1) is 0 Å². The van der Waals surface area contributed by atoms with E-state index in [-0.39, 0.29) is 59.0 Å². The van der Waals surface area contributed by atoms with Crippen molar-refractivity contribution >= 4 is 42.5 Å². The molecule has 34 nitrogen and oxygen atoms in total. The Bertz CT molecular complexity index is 4820. The summed E-state index contributed by atoms with van der Waals surface area (Å²) in [7, 11) is 0. The summed E-state index contributed by atoms with van der Waals surface area (Å²) in [5.74, 6) is -1.07. The van der Waals surface area contributed by atoms with Gasteiger partial charge in [0.15, 0.2) is 31.3 Å². The van der Waals surface area contributed by atoms with E-state index < -0.39 is 202 Å². The maximum Gasteiger partial charge on any atom is 0.412 e. The van der Waals surface area contributed by atoms with Crippen LogP contribution in [-0.2, 0) is 111 Å². The number of alkyl carbamates (subject to hydrolysis) is 4. The molecular weight excluding hydrogens is 1610 g/mol. The Morgan fingerprint density at radius 3 is 1.08 bits per heavy atom. The molecule has 8 aromatic rings. The first kappa shape index (κ1) is 87.2. The molecule has 5 heterocycles. The van der Waals surface area contributed by atoms with Crippen LogP contribution in [0.15, 0.2) is 243 Å². The van der Waals surface area contributed by atoms with Crippen LogP contribution in [-0.4, -0.2) is 231 Å². The summed E-state index contributed by atoms with van der Waals surface area (Å²) < 4.78 is 88.3. The maximum atomic E-state index is 14.8. The summed E-state index contributed by atoms with van der Waals surface area (Å²) in [5, 5.41) is 89.1. The summed E-state index contributed by atoms with van der Waals surface area (Å²) in [4.78, 5) is 103. The second-order valence-corrected chi connectivity index (χ2v) is 31.1. The normalized spacial score (nSPS) is 29.9. The van der Waals surface area contributed by atoms with Gasteiger partial charge in [-0.05, 0) is 39.8 Å². The molecule has 0 bridgehead atoms. The van der Waals surface area contributed by atoms with Gasteiger partial charge in [-0.25, -0.2) is 28.8 Å². The number of ether oxygens (including phenoxy) is 14. The quantitative estimate of drug-likeness (QED) is 0.0235. The van der Waals surface area contributed by atoms with Crippen LogP contribution in [0.3, 0.4) is 0 Å². The number of rotatable bonds is 27. The summed E-state index contributed by atoms with van der Waals surface area (Å²) in [6.07, 6.45) is -36.6. The second-order valence-electron chi connectivity index (χ2n) is 31.1. The number of aliphatic hydroxyl groups excluding tert-OH is 5. The molecule has 21 atom stereocenters. The lowest BCUT2D eigenvalue weighted by Gasteiger charge is -2.52. The molecule has 7 fully saturated rings. The SMILES string of the molecule is O=C(NC1[C@@H](O[C@H]2[C@H](O[C@@H]3O[C@H](CO)[C@@H](O[C@H]4O[C@H]5CN(C(=O)OCc6ccccc6)C(c6ccccc6)O[C@H]5[C@H](O)[C@H]4NC(=O)OCc4ccccc4)[C@H]3O)[C@@H](O)[C@H](NC(=O)[C@]3(O)C[C@H](NC(=O)OCc4ccccc4)C3)C[C@@H]2NC(=O)OCc2ccccc2)O[C@@H]2CN(C(=O)OCc3ccccc3)C(c3ccccc3)O[C@H]2[C@H]1O)OCc1ccccc1. The molecule has 7 aliphatic rings. The molecule has 15 rings (SSSR count). The van der Waals surface area contributed by atoms with E-state index in [0.717, 1.165) is 0 Å². The lowest BCUT2D eigenvalue weighted by molar-refractivity contribution is -0.335. The Morgan fingerprint density at radius 1 is 0.363 bits per heavy atom. The third-order valence-corrected chi connectivity index (χ3v) is 22.6. The van der Waals surface area contributed by atoms with Gasteiger partial charge >= 0.3 is 36.6 Å². The number of nitrogens with zero attached hydrogens (tertiary/aromatic N) is 2. The van der Waals surface area contributed by atoms with Crippen molar-refractivity contribution < 1.29 is 131 Å². The molecule has 11 N–H and O–H groups in total. The van der Waals surface area contributed by atoms with Crippen LogP contribution in [0.4, 0.5) is 28.8 Å². The smallest absolute Gasteiger partial charge is 0.412 e. The summed E-state index contributed by atoms with van der Waals surface area (Å²) >= 11 is 0. The fraction of sp³-hybridized carbons (Fsp3) is 0.389. The molecule has 124 heavy (non-hydrogen) atoms. The van der Waals surface area contributed by atoms with Crippen LogP contribution in [0.2, 0.25) is 0 Å². The first-order valence-corrected chi connectivity index (χ1v) is 40.8. The largest absolute Gasteiger partial charge is 0.445 e. The van der Waals surface area contributed by atoms with Gasteiger partial charge in [-0.1, -0.05) is 243 Å². The van der Waals surface area contributed by atoms with Crippen LogP contribution in [0.25, 0.3) is 0 Å². The average Bonchev–Trinajstić information content (AvgIpc) is 1.11. The Balaban J connectivity index is 0.763. The van der Waals surface area contributed by atoms with Crippen LogP contribution in [0.1, 0.15) is 76.2 Å². The predicted octanol–water partition coefficient (Wildman–Crippen LogP) is 6.82. The van der Waals surface area contributed by atoms with Gasteiger partial charge in [0.2, 0.25) is 0 Å². The van der Waals surface area contributed by atoms with Crippen LogP contribution >= 0.6 is 0 Å². The monoisotopic (exact) mass is 1710 g/mol. The van der Waals surface area contributed by atoms with E-state index in [0.29, 0.717) is 44.5 Å². The molecular formula is C90H97N7O27. The molecule has 8 aromatic carbocycles. The van der Waals surface area contributed by atoms with Crippen molar-refractivity contribution in [1.82, 2.24) is 36.4 Å². The molecule has 3 unspecified atom stereocenters. The van der Waals surface area contributed by atoms with Crippen molar-refractivity contribution in [3.8, 4) is 0 Å². The highest BCUT2D eigenvalue weighted by molar-refractivity contribution is 5.87.